The minimum Gasteiger partial charge on any atom is -0.456 e. The maximum atomic E-state index is 6.23. The third-order valence-corrected chi connectivity index (χ3v) is 9.49. The maximum absolute atomic E-state index is 6.23. The summed E-state index contributed by atoms with van der Waals surface area (Å²) in [5.74, 6) is 0. The first-order valence-corrected chi connectivity index (χ1v) is 16.7. The standard InChI is InChI=1S/C48H32O/c1-3-10-33(11-4-1)35-18-22-37(23-19-35)42-29-43(38-24-20-36(21-25-38)34-12-5-2-6-13-34)31-44(30-42)40-15-9-14-39(28-40)41-26-27-46-45-16-7-8-17-47(45)49-48(46)32-41/h1-32H. The molecule has 1 nitrogen and oxygen atoms in total. The van der Waals surface area contributed by atoms with Crippen molar-refractivity contribution < 1.29 is 4.42 Å². The highest BCUT2D eigenvalue weighted by Gasteiger charge is 2.12. The molecule has 9 rings (SSSR count). The van der Waals surface area contributed by atoms with Gasteiger partial charge in [0.1, 0.15) is 11.2 Å². The highest BCUT2D eigenvalue weighted by atomic mass is 16.3. The van der Waals surface area contributed by atoms with Gasteiger partial charge in [-0.15, -0.1) is 0 Å². The van der Waals surface area contributed by atoms with Gasteiger partial charge in [0.2, 0.25) is 0 Å². The SMILES string of the molecule is c1ccc(-c2ccc(-c3cc(-c4ccc(-c5ccccc5)cc4)cc(-c4cccc(-c5ccc6c(c5)oc5ccccc56)c4)c3)cc2)cc1. The van der Waals surface area contributed by atoms with Crippen LogP contribution >= 0.6 is 0 Å². The van der Waals surface area contributed by atoms with Crippen LogP contribution in [-0.4, -0.2) is 0 Å². The molecule has 8 aromatic carbocycles. The van der Waals surface area contributed by atoms with Crippen LogP contribution in [0.4, 0.5) is 0 Å². The molecule has 9 aromatic rings. The van der Waals surface area contributed by atoms with Gasteiger partial charge < -0.3 is 4.42 Å². The summed E-state index contributed by atoms with van der Waals surface area (Å²) in [7, 11) is 0. The Bertz CT molecular complexity index is 2460. The smallest absolute Gasteiger partial charge is 0.136 e. The molecule has 0 saturated heterocycles. The van der Waals surface area contributed by atoms with Gasteiger partial charge >= 0.3 is 0 Å². The molecule has 0 N–H and O–H groups in total. The molecule has 0 bridgehead atoms. The first-order chi connectivity index (χ1) is 24.2. The Morgan fingerprint density at radius 1 is 0.204 bits per heavy atom. The fraction of sp³-hybridized carbons (Fsp3) is 0. The molecule has 0 aliphatic carbocycles. The Hall–Kier alpha value is -6.44. The fourth-order valence-corrected chi connectivity index (χ4v) is 6.88. The van der Waals surface area contributed by atoms with Crippen molar-refractivity contribution in [2.75, 3.05) is 0 Å². The number of hydrogen-bond acceptors (Lipinski definition) is 1. The van der Waals surface area contributed by atoms with Crippen molar-refractivity contribution in [3.8, 4) is 66.8 Å². The van der Waals surface area contributed by atoms with Crippen LogP contribution in [0.25, 0.3) is 88.7 Å². The van der Waals surface area contributed by atoms with Crippen LogP contribution in [0.15, 0.2) is 199 Å². The zero-order chi connectivity index (χ0) is 32.6. The Labute approximate surface area is 286 Å². The van der Waals surface area contributed by atoms with E-state index < -0.39 is 0 Å². The summed E-state index contributed by atoms with van der Waals surface area (Å²) in [5, 5.41) is 2.29. The third-order valence-electron chi connectivity index (χ3n) is 9.49. The zero-order valence-corrected chi connectivity index (χ0v) is 26.9. The van der Waals surface area contributed by atoms with Crippen LogP contribution in [0.5, 0.6) is 0 Å². The third kappa shape index (κ3) is 5.62. The average Bonchev–Trinajstić information content (AvgIpc) is 3.57. The lowest BCUT2D eigenvalue weighted by Gasteiger charge is -2.13. The molecule has 1 heterocycles. The van der Waals surface area contributed by atoms with E-state index in [0.29, 0.717) is 0 Å². The van der Waals surface area contributed by atoms with Gasteiger partial charge in [-0.05, 0) is 109 Å². The Morgan fingerprint density at radius 2 is 0.551 bits per heavy atom. The molecule has 230 valence electrons. The number of fused-ring (bicyclic) bond motifs is 3. The van der Waals surface area contributed by atoms with Crippen molar-refractivity contribution in [2.24, 2.45) is 0 Å². The van der Waals surface area contributed by atoms with Gasteiger partial charge in [0.05, 0.1) is 0 Å². The quantitative estimate of drug-likeness (QED) is 0.179. The Morgan fingerprint density at radius 3 is 1.12 bits per heavy atom. The van der Waals surface area contributed by atoms with Crippen molar-refractivity contribution in [3.05, 3.63) is 194 Å². The Kier molecular flexibility index (Phi) is 7.22. The first-order valence-electron chi connectivity index (χ1n) is 16.7. The van der Waals surface area contributed by atoms with Crippen LogP contribution < -0.4 is 0 Å². The van der Waals surface area contributed by atoms with Crippen molar-refractivity contribution in [1.29, 1.82) is 0 Å². The van der Waals surface area contributed by atoms with E-state index in [1.54, 1.807) is 0 Å². The van der Waals surface area contributed by atoms with E-state index in [9.17, 15) is 0 Å². The monoisotopic (exact) mass is 624 g/mol. The van der Waals surface area contributed by atoms with Crippen LogP contribution in [0.3, 0.4) is 0 Å². The summed E-state index contributed by atoms with van der Waals surface area (Å²) in [5.41, 5.74) is 16.1. The van der Waals surface area contributed by atoms with Gasteiger partial charge in [-0.2, -0.15) is 0 Å². The van der Waals surface area contributed by atoms with Crippen LogP contribution in [0, 0.1) is 0 Å². The largest absolute Gasteiger partial charge is 0.456 e. The normalized spacial score (nSPS) is 11.3. The molecule has 0 aliphatic heterocycles. The molecule has 0 aliphatic rings. The topological polar surface area (TPSA) is 13.1 Å². The highest BCUT2D eigenvalue weighted by molar-refractivity contribution is 6.06. The summed E-state index contributed by atoms with van der Waals surface area (Å²) in [6, 6.07) is 69.5. The van der Waals surface area contributed by atoms with Gasteiger partial charge in [0.25, 0.3) is 0 Å². The van der Waals surface area contributed by atoms with E-state index in [4.69, 9.17) is 4.42 Å². The van der Waals surface area contributed by atoms with Gasteiger partial charge in [-0.1, -0.05) is 152 Å². The van der Waals surface area contributed by atoms with E-state index in [-0.39, 0.29) is 0 Å². The zero-order valence-electron chi connectivity index (χ0n) is 26.9. The molecule has 1 heteroatoms. The molecule has 0 unspecified atom stereocenters. The van der Waals surface area contributed by atoms with E-state index in [0.717, 1.165) is 33.1 Å². The van der Waals surface area contributed by atoms with E-state index >= 15 is 0 Å². The van der Waals surface area contributed by atoms with Crippen LogP contribution in [-0.2, 0) is 0 Å². The molecule has 0 radical (unpaired) electrons. The highest BCUT2D eigenvalue weighted by Crippen LogP contribution is 2.37. The lowest BCUT2D eigenvalue weighted by molar-refractivity contribution is 0.669. The molecule has 0 amide bonds. The van der Waals surface area contributed by atoms with Gasteiger partial charge in [0, 0.05) is 10.8 Å². The molecule has 0 fully saturated rings. The van der Waals surface area contributed by atoms with E-state index in [2.05, 4.69) is 182 Å². The molecule has 0 spiro atoms. The molecular weight excluding hydrogens is 593 g/mol. The van der Waals surface area contributed by atoms with Gasteiger partial charge in [-0.25, -0.2) is 0 Å². The molecule has 49 heavy (non-hydrogen) atoms. The second-order valence-electron chi connectivity index (χ2n) is 12.6. The molecular formula is C48H32O. The minimum absolute atomic E-state index is 0.909. The fourth-order valence-electron chi connectivity index (χ4n) is 6.88. The molecule has 1 aromatic heterocycles. The van der Waals surface area contributed by atoms with Crippen molar-refractivity contribution in [3.63, 3.8) is 0 Å². The lowest BCUT2D eigenvalue weighted by Crippen LogP contribution is -1.88. The number of rotatable bonds is 6. The summed E-state index contributed by atoms with van der Waals surface area (Å²) in [6.07, 6.45) is 0. The summed E-state index contributed by atoms with van der Waals surface area (Å²) in [4.78, 5) is 0. The summed E-state index contributed by atoms with van der Waals surface area (Å²) in [6.45, 7) is 0. The van der Waals surface area contributed by atoms with Crippen molar-refractivity contribution in [1.82, 2.24) is 0 Å². The number of benzene rings is 8. The number of hydrogen-bond donors (Lipinski definition) is 0. The molecule has 0 saturated carbocycles. The lowest BCUT2D eigenvalue weighted by atomic mass is 9.91. The van der Waals surface area contributed by atoms with Crippen molar-refractivity contribution in [2.45, 2.75) is 0 Å². The second-order valence-corrected chi connectivity index (χ2v) is 12.6. The number of furan rings is 1. The predicted molar refractivity (Wildman–Crippen MR) is 206 cm³/mol. The van der Waals surface area contributed by atoms with E-state index in [1.807, 2.05) is 12.1 Å². The van der Waals surface area contributed by atoms with Gasteiger partial charge in [-0.3, -0.25) is 0 Å². The first kappa shape index (κ1) is 28.8. The number of para-hydroxylation sites is 1. The Balaban J connectivity index is 1.13. The minimum atomic E-state index is 0.909. The second kappa shape index (κ2) is 12.3. The summed E-state index contributed by atoms with van der Waals surface area (Å²) < 4.78 is 6.23. The van der Waals surface area contributed by atoms with Crippen LogP contribution in [0.1, 0.15) is 0 Å². The summed E-state index contributed by atoms with van der Waals surface area (Å²) >= 11 is 0. The van der Waals surface area contributed by atoms with E-state index in [1.165, 1.54) is 55.6 Å². The molecule has 0 atom stereocenters. The van der Waals surface area contributed by atoms with Crippen molar-refractivity contribution >= 4 is 21.9 Å². The van der Waals surface area contributed by atoms with Gasteiger partial charge in [0.15, 0.2) is 0 Å². The maximum Gasteiger partial charge on any atom is 0.136 e. The van der Waals surface area contributed by atoms with Crippen LogP contribution in [0.2, 0.25) is 0 Å². The average molecular weight is 625 g/mol. The predicted octanol–water partition coefficient (Wildman–Crippen LogP) is 13.6.